The number of H-pyrrole nitrogens is 1. The van der Waals surface area contributed by atoms with Crippen LogP contribution in [0, 0.1) is 0 Å². The lowest BCUT2D eigenvalue weighted by Gasteiger charge is -2.24. The first-order valence-corrected chi connectivity index (χ1v) is 6.65. The summed E-state index contributed by atoms with van der Waals surface area (Å²) in [5.41, 5.74) is 1.04. The standard InChI is InChI=1S/C13H21N3O/c1-17-13(6-2-3-7-13)12-15-9-11(16-12)8-14-10-4-5-10/h9-10,14H,2-8H2,1H3,(H,15,16). The molecule has 0 aliphatic heterocycles. The highest BCUT2D eigenvalue weighted by atomic mass is 16.5. The Hall–Kier alpha value is -0.870. The molecule has 2 N–H and O–H groups in total. The molecule has 0 aromatic carbocycles. The quantitative estimate of drug-likeness (QED) is 0.821. The summed E-state index contributed by atoms with van der Waals surface area (Å²) in [7, 11) is 1.80. The first kappa shape index (κ1) is 11.2. The van der Waals surface area contributed by atoms with Crippen molar-refractivity contribution in [3.05, 3.63) is 17.7 Å². The van der Waals surface area contributed by atoms with Gasteiger partial charge in [0.2, 0.25) is 0 Å². The van der Waals surface area contributed by atoms with Crippen molar-refractivity contribution in [3.8, 4) is 0 Å². The molecule has 2 aliphatic rings. The molecule has 17 heavy (non-hydrogen) atoms. The van der Waals surface area contributed by atoms with Gasteiger partial charge in [0.05, 0.1) is 0 Å². The molecule has 94 valence electrons. The van der Waals surface area contributed by atoms with E-state index in [4.69, 9.17) is 4.74 Å². The largest absolute Gasteiger partial charge is 0.370 e. The van der Waals surface area contributed by atoms with E-state index in [0.29, 0.717) is 0 Å². The van der Waals surface area contributed by atoms with Crippen LogP contribution in [0.2, 0.25) is 0 Å². The third kappa shape index (κ3) is 2.24. The molecule has 0 unspecified atom stereocenters. The summed E-state index contributed by atoms with van der Waals surface area (Å²) in [6.07, 6.45) is 9.25. The second-order valence-corrected chi connectivity index (χ2v) is 5.32. The Balaban J connectivity index is 1.69. The van der Waals surface area contributed by atoms with Gasteiger partial charge >= 0.3 is 0 Å². The zero-order valence-electron chi connectivity index (χ0n) is 10.5. The molecule has 3 rings (SSSR count). The number of ether oxygens (including phenoxy) is 1. The molecule has 0 atom stereocenters. The van der Waals surface area contributed by atoms with Crippen molar-refractivity contribution < 1.29 is 4.74 Å². The molecule has 0 saturated heterocycles. The van der Waals surface area contributed by atoms with E-state index < -0.39 is 0 Å². The molecular weight excluding hydrogens is 214 g/mol. The second kappa shape index (κ2) is 4.42. The lowest BCUT2D eigenvalue weighted by atomic mass is 10.0. The Morgan fingerprint density at radius 1 is 1.47 bits per heavy atom. The first-order valence-electron chi connectivity index (χ1n) is 6.65. The Morgan fingerprint density at radius 3 is 2.88 bits per heavy atom. The van der Waals surface area contributed by atoms with Gasteiger partial charge in [-0.2, -0.15) is 0 Å². The molecule has 1 aromatic rings. The molecule has 0 amide bonds. The fraction of sp³-hybridized carbons (Fsp3) is 0.769. The van der Waals surface area contributed by atoms with Gasteiger partial charge in [-0.1, -0.05) is 0 Å². The molecule has 2 fully saturated rings. The Labute approximate surface area is 102 Å². The van der Waals surface area contributed by atoms with E-state index in [1.54, 1.807) is 7.11 Å². The average molecular weight is 235 g/mol. The van der Waals surface area contributed by atoms with Gasteiger partial charge in [-0.25, -0.2) is 4.98 Å². The zero-order valence-corrected chi connectivity index (χ0v) is 10.5. The Morgan fingerprint density at radius 2 is 2.24 bits per heavy atom. The topological polar surface area (TPSA) is 49.9 Å². The minimum Gasteiger partial charge on any atom is -0.370 e. The summed E-state index contributed by atoms with van der Waals surface area (Å²) in [5, 5.41) is 3.50. The number of aromatic nitrogens is 2. The number of rotatable bonds is 5. The van der Waals surface area contributed by atoms with E-state index in [1.165, 1.54) is 31.4 Å². The lowest BCUT2D eigenvalue weighted by molar-refractivity contribution is -0.0157. The first-order chi connectivity index (χ1) is 8.32. The van der Waals surface area contributed by atoms with E-state index in [1.807, 2.05) is 6.20 Å². The smallest absolute Gasteiger partial charge is 0.138 e. The van der Waals surface area contributed by atoms with E-state index >= 15 is 0 Å². The van der Waals surface area contributed by atoms with Crippen molar-refractivity contribution in [2.45, 2.75) is 56.7 Å². The molecule has 1 heterocycles. The van der Waals surface area contributed by atoms with Crippen molar-refractivity contribution in [1.82, 2.24) is 15.3 Å². The van der Waals surface area contributed by atoms with Gasteiger partial charge in [-0.15, -0.1) is 0 Å². The highest BCUT2D eigenvalue weighted by Gasteiger charge is 2.38. The molecule has 0 radical (unpaired) electrons. The van der Waals surface area contributed by atoms with Gasteiger partial charge in [-0.3, -0.25) is 0 Å². The number of hydrogen-bond acceptors (Lipinski definition) is 3. The van der Waals surface area contributed by atoms with E-state index in [-0.39, 0.29) is 5.60 Å². The summed E-state index contributed by atoms with van der Waals surface area (Å²) in [6, 6.07) is 0.740. The van der Waals surface area contributed by atoms with Crippen molar-refractivity contribution in [1.29, 1.82) is 0 Å². The summed E-state index contributed by atoms with van der Waals surface area (Å²) in [5.74, 6) is 1.02. The molecule has 1 aromatic heterocycles. The average Bonchev–Trinajstić information content (AvgIpc) is 2.88. The number of aromatic amines is 1. The molecule has 0 bridgehead atoms. The lowest BCUT2D eigenvalue weighted by Crippen LogP contribution is -2.26. The normalized spacial score (nSPS) is 23.1. The van der Waals surface area contributed by atoms with E-state index in [0.717, 1.165) is 31.3 Å². The van der Waals surface area contributed by atoms with Crippen molar-refractivity contribution in [2.24, 2.45) is 0 Å². The van der Waals surface area contributed by atoms with Crippen LogP contribution in [0.25, 0.3) is 0 Å². The maximum atomic E-state index is 5.72. The molecule has 4 nitrogen and oxygen atoms in total. The van der Waals surface area contributed by atoms with Crippen LogP contribution in [0.4, 0.5) is 0 Å². The predicted octanol–water partition coefficient (Wildman–Crippen LogP) is 2.08. The van der Waals surface area contributed by atoms with Gasteiger partial charge in [0.15, 0.2) is 0 Å². The van der Waals surface area contributed by atoms with Crippen LogP contribution in [0.15, 0.2) is 6.20 Å². The molecular formula is C13H21N3O. The summed E-state index contributed by atoms with van der Waals surface area (Å²) < 4.78 is 5.72. The number of methoxy groups -OCH3 is 1. The van der Waals surface area contributed by atoms with E-state index in [2.05, 4.69) is 15.3 Å². The number of hydrogen-bond donors (Lipinski definition) is 2. The van der Waals surface area contributed by atoms with Crippen molar-refractivity contribution in [2.75, 3.05) is 7.11 Å². The minimum atomic E-state index is -0.141. The summed E-state index contributed by atoms with van der Waals surface area (Å²) in [6.45, 7) is 0.900. The van der Waals surface area contributed by atoms with Crippen molar-refractivity contribution >= 4 is 0 Å². The highest BCUT2D eigenvalue weighted by molar-refractivity contribution is 5.11. The van der Waals surface area contributed by atoms with Crippen LogP contribution in [-0.4, -0.2) is 23.1 Å². The predicted molar refractivity (Wildman–Crippen MR) is 65.6 cm³/mol. The number of imidazole rings is 1. The zero-order chi connectivity index (χ0) is 11.7. The van der Waals surface area contributed by atoms with Crippen LogP contribution in [0.5, 0.6) is 0 Å². The van der Waals surface area contributed by atoms with Crippen LogP contribution >= 0.6 is 0 Å². The van der Waals surface area contributed by atoms with Gasteiger partial charge in [0.25, 0.3) is 0 Å². The fourth-order valence-electron chi connectivity index (χ4n) is 2.71. The number of nitrogens with zero attached hydrogens (tertiary/aromatic N) is 1. The van der Waals surface area contributed by atoms with Crippen LogP contribution < -0.4 is 5.32 Å². The minimum absolute atomic E-state index is 0.141. The second-order valence-electron chi connectivity index (χ2n) is 5.32. The van der Waals surface area contributed by atoms with Crippen LogP contribution in [0.1, 0.15) is 50.0 Å². The SMILES string of the molecule is COC1(c2ncc(CNC3CC3)[nH]2)CCCC1. The van der Waals surface area contributed by atoms with E-state index in [9.17, 15) is 0 Å². The van der Waals surface area contributed by atoms with Crippen molar-refractivity contribution in [3.63, 3.8) is 0 Å². The molecule has 2 aliphatic carbocycles. The fourth-order valence-corrected chi connectivity index (χ4v) is 2.71. The van der Waals surface area contributed by atoms with Gasteiger partial charge < -0.3 is 15.0 Å². The maximum Gasteiger partial charge on any atom is 0.138 e. The monoisotopic (exact) mass is 235 g/mol. The van der Waals surface area contributed by atoms with Gasteiger partial charge in [0.1, 0.15) is 11.4 Å². The molecule has 2 saturated carbocycles. The van der Waals surface area contributed by atoms with Gasteiger partial charge in [-0.05, 0) is 38.5 Å². The molecule has 4 heteroatoms. The summed E-state index contributed by atoms with van der Waals surface area (Å²) >= 11 is 0. The Kier molecular flexibility index (Phi) is 2.92. The van der Waals surface area contributed by atoms with Crippen LogP contribution in [-0.2, 0) is 16.9 Å². The maximum absolute atomic E-state index is 5.72. The third-order valence-electron chi connectivity index (χ3n) is 4.02. The third-order valence-corrected chi connectivity index (χ3v) is 4.02. The molecule has 0 spiro atoms. The van der Waals surface area contributed by atoms with Crippen LogP contribution in [0.3, 0.4) is 0 Å². The number of nitrogens with one attached hydrogen (secondary N) is 2. The van der Waals surface area contributed by atoms with Gasteiger partial charge in [0, 0.05) is 31.6 Å². The highest BCUT2D eigenvalue weighted by Crippen LogP contribution is 2.40. The summed E-state index contributed by atoms with van der Waals surface area (Å²) in [4.78, 5) is 7.95. The Bertz CT molecular complexity index is 378.